The highest BCUT2D eigenvalue weighted by atomic mass is 32.1. The second kappa shape index (κ2) is 5.28. The van der Waals surface area contributed by atoms with Gasteiger partial charge in [0.2, 0.25) is 0 Å². The van der Waals surface area contributed by atoms with Gasteiger partial charge < -0.3 is 5.32 Å². The Hall–Kier alpha value is -1.53. The van der Waals surface area contributed by atoms with E-state index in [4.69, 9.17) is 4.98 Å². The molecule has 1 unspecified atom stereocenters. The number of rotatable bonds is 4. The van der Waals surface area contributed by atoms with E-state index in [1.54, 1.807) is 22.7 Å². The molecule has 0 aromatic carbocycles. The smallest absolute Gasteiger partial charge is 0.139 e. The molecular formula is C16H18N4S2. The number of thiophene rings is 1. The molecular weight excluding hydrogens is 312 g/mol. The summed E-state index contributed by atoms with van der Waals surface area (Å²) < 4.78 is 0. The largest absolute Gasteiger partial charge is 0.360 e. The minimum Gasteiger partial charge on any atom is -0.360 e. The molecule has 22 heavy (non-hydrogen) atoms. The van der Waals surface area contributed by atoms with E-state index in [2.05, 4.69) is 39.9 Å². The number of nitrogens with zero attached hydrogens (tertiary/aromatic N) is 3. The van der Waals surface area contributed by atoms with Crippen LogP contribution in [-0.2, 0) is 0 Å². The summed E-state index contributed by atoms with van der Waals surface area (Å²) in [6.45, 7) is 6.14. The van der Waals surface area contributed by atoms with Gasteiger partial charge in [0.1, 0.15) is 21.5 Å². The minimum atomic E-state index is 0.274. The van der Waals surface area contributed by atoms with Crippen LogP contribution in [0.25, 0.3) is 10.2 Å². The maximum Gasteiger partial charge on any atom is 0.139 e. The number of hydrogen-bond acceptors (Lipinski definition) is 6. The summed E-state index contributed by atoms with van der Waals surface area (Å²) in [4.78, 5) is 15.0. The van der Waals surface area contributed by atoms with Crippen molar-refractivity contribution in [2.24, 2.45) is 5.92 Å². The highest BCUT2D eigenvalue weighted by molar-refractivity contribution is 7.17. The highest BCUT2D eigenvalue weighted by Gasteiger charge is 2.35. The quantitative estimate of drug-likeness (QED) is 0.757. The molecule has 0 aliphatic heterocycles. The molecule has 4 rings (SSSR count). The van der Waals surface area contributed by atoms with Crippen LogP contribution in [0.2, 0.25) is 0 Å². The predicted octanol–water partition coefficient (Wildman–Crippen LogP) is 4.64. The molecule has 114 valence electrons. The van der Waals surface area contributed by atoms with Crippen molar-refractivity contribution < 1.29 is 0 Å². The van der Waals surface area contributed by atoms with Gasteiger partial charge in [0.05, 0.1) is 11.4 Å². The van der Waals surface area contributed by atoms with Gasteiger partial charge in [-0.15, -0.1) is 22.7 Å². The molecule has 3 aromatic rings. The number of thiazole rings is 1. The third-order valence-corrected chi connectivity index (χ3v) is 6.05. The third-order valence-electron chi connectivity index (χ3n) is 4.02. The highest BCUT2D eigenvalue weighted by Crippen LogP contribution is 2.44. The molecule has 0 saturated heterocycles. The molecule has 1 aliphatic rings. The summed E-state index contributed by atoms with van der Waals surface area (Å²) in [5.74, 6) is 2.46. The summed E-state index contributed by atoms with van der Waals surface area (Å²) in [5.41, 5.74) is 2.34. The number of aryl methyl sites for hydroxylation is 3. The Labute approximate surface area is 137 Å². The van der Waals surface area contributed by atoms with Crippen LogP contribution < -0.4 is 5.32 Å². The van der Waals surface area contributed by atoms with Crippen molar-refractivity contribution >= 4 is 38.7 Å². The van der Waals surface area contributed by atoms with E-state index in [1.807, 2.05) is 6.92 Å². The summed E-state index contributed by atoms with van der Waals surface area (Å²) in [6, 6.07) is 0.274. The van der Waals surface area contributed by atoms with Crippen LogP contribution in [0, 0.1) is 26.7 Å². The zero-order chi connectivity index (χ0) is 15.3. The summed E-state index contributed by atoms with van der Waals surface area (Å²) in [6.07, 6.45) is 2.54. The van der Waals surface area contributed by atoms with Gasteiger partial charge in [0, 0.05) is 11.1 Å². The van der Waals surface area contributed by atoms with Crippen molar-refractivity contribution in [3.63, 3.8) is 0 Å². The third kappa shape index (κ3) is 2.50. The zero-order valence-corrected chi connectivity index (χ0v) is 14.5. The van der Waals surface area contributed by atoms with Crippen LogP contribution in [0.4, 0.5) is 5.82 Å². The average molecular weight is 330 g/mol. The van der Waals surface area contributed by atoms with Crippen molar-refractivity contribution in [1.82, 2.24) is 15.0 Å². The zero-order valence-electron chi connectivity index (χ0n) is 12.9. The Kier molecular flexibility index (Phi) is 3.38. The fourth-order valence-corrected chi connectivity index (χ4v) is 4.67. The molecule has 1 aliphatic carbocycles. The lowest BCUT2D eigenvalue weighted by atomic mass is 10.1. The summed E-state index contributed by atoms with van der Waals surface area (Å²) >= 11 is 3.44. The number of hydrogen-bond donors (Lipinski definition) is 1. The van der Waals surface area contributed by atoms with Gasteiger partial charge in [-0.3, -0.25) is 0 Å². The van der Waals surface area contributed by atoms with E-state index in [9.17, 15) is 0 Å². The van der Waals surface area contributed by atoms with E-state index >= 15 is 0 Å². The van der Waals surface area contributed by atoms with Gasteiger partial charge >= 0.3 is 0 Å². The Morgan fingerprint density at radius 3 is 2.59 bits per heavy atom. The molecule has 3 heterocycles. The molecule has 0 spiro atoms. The Morgan fingerprint density at radius 2 is 1.91 bits per heavy atom. The van der Waals surface area contributed by atoms with Crippen LogP contribution >= 0.6 is 22.7 Å². The van der Waals surface area contributed by atoms with Crippen LogP contribution in [0.3, 0.4) is 0 Å². The maximum absolute atomic E-state index is 4.70. The summed E-state index contributed by atoms with van der Waals surface area (Å²) in [7, 11) is 0. The molecule has 6 heteroatoms. The first-order valence-electron chi connectivity index (χ1n) is 7.53. The van der Waals surface area contributed by atoms with Gasteiger partial charge in [0.15, 0.2) is 0 Å². The molecule has 1 fully saturated rings. The first-order chi connectivity index (χ1) is 10.6. The lowest BCUT2D eigenvalue weighted by Gasteiger charge is -2.17. The van der Waals surface area contributed by atoms with Crippen molar-refractivity contribution in [1.29, 1.82) is 0 Å². The van der Waals surface area contributed by atoms with E-state index in [0.717, 1.165) is 27.6 Å². The van der Waals surface area contributed by atoms with Crippen molar-refractivity contribution in [3.8, 4) is 0 Å². The molecule has 1 saturated carbocycles. The van der Waals surface area contributed by atoms with Crippen molar-refractivity contribution in [3.05, 3.63) is 32.8 Å². The van der Waals surface area contributed by atoms with Crippen molar-refractivity contribution in [2.45, 2.75) is 39.7 Å². The van der Waals surface area contributed by atoms with Gasteiger partial charge in [-0.25, -0.2) is 15.0 Å². The molecule has 0 radical (unpaired) electrons. The first-order valence-corrected chi connectivity index (χ1v) is 9.29. The number of nitrogens with one attached hydrogen (secondary N) is 1. The number of fused-ring (bicyclic) bond motifs is 1. The molecule has 3 aromatic heterocycles. The fourth-order valence-electron chi connectivity index (χ4n) is 2.77. The number of aromatic nitrogens is 3. The second-order valence-corrected chi connectivity index (χ2v) is 7.75. The SMILES string of the molecule is Cc1csc(C(Nc2nc(C)nc3scc(C)c23)C2CC2)n1. The normalized spacial score (nSPS) is 16.1. The standard InChI is InChI=1S/C16H18N4S2/c1-8-6-21-15-12(8)14(18-10(3)19-15)20-13(11-4-5-11)16-17-9(2)7-22-16/h6-7,11,13H,4-5H2,1-3H3,(H,18,19,20). The topological polar surface area (TPSA) is 50.7 Å². The monoisotopic (exact) mass is 330 g/mol. The van der Waals surface area contributed by atoms with Crippen LogP contribution in [0.1, 0.15) is 41.0 Å². The van der Waals surface area contributed by atoms with Crippen molar-refractivity contribution in [2.75, 3.05) is 5.32 Å². The molecule has 1 atom stereocenters. The van der Waals surface area contributed by atoms with Gasteiger partial charge in [-0.2, -0.15) is 0 Å². The Bertz CT molecular complexity index is 832. The van der Waals surface area contributed by atoms with E-state index in [1.165, 1.54) is 23.4 Å². The second-order valence-electron chi connectivity index (χ2n) is 6.00. The lowest BCUT2D eigenvalue weighted by molar-refractivity contribution is 0.669. The van der Waals surface area contributed by atoms with E-state index in [0.29, 0.717) is 5.92 Å². The molecule has 0 amide bonds. The molecule has 1 N–H and O–H groups in total. The molecule has 4 nitrogen and oxygen atoms in total. The molecule has 0 bridgehead atoms. The maximum atomic E-state index is 4.70. The van der Waals surface area contributed by atoms with Crippen LogP contribution in [0.15, 0.2) is 10.8 Å². The van der Waals surface area contributed by atoms with Gasteiger partial charge in [-0.05, 0) is 50.5 Å². The van der Waals surface area contributed by atoms with Gasteiger partial charge in [-0.1, -0.05) is 0 Å². The van der Waals surface area contributed by atoms with Gasteiger partial charge in [0.25, 0.3) is 0 Å². The average Bonchev–Trinajstić information content (AvgIpc) is 3.13. The summed E-state index contributed by atoms with van der Waals surface area (Å²) in [5, 5.41) is 10.3. The van der Waals surface area contributed by atoms with Crippen LogP contribution in [0.5, 0.6) is 0 Å². The Morgan fingerprint density at radius 1 is 1.09 bits per heavy atom. The van der Waals surface area contributed by atoms with Crippen LogP contribution in [-0.4, -0.2) is 15.0 Å². The van der Waals surface area contributed by atoms with E-state index in [-0.39, 0.29) is 6.04 Å². The Balaban J connectivity index is 1.76. The minimum absolute atomic E-state index is 0.274. The fraction of sp³-hybridized carbons (Fsp3) is 0.438. The van der Waals surface area contributed by atoms with E-state index < -0.39 is 0 Å². The predicted molar refractivity (Wildman–Crippen MR) is 92.8 cm³/mol. The lowest BCUT2D eigenvalue weighted by Crippen LogP contribution is -2.14. The number of anilines is 1. The first kappa shape index (κ1) is 14.1.